The maximum absolute atomic E-state index is 12.9. The smallest absolute Gasteiger partial charge is 0.243 e. The first kappa shape index (κ1) is 24.6. The summed E-state index contributed by atoms with van der Waals surface area (Å²) in [7, 11) is -3.50. The van der Waals surface area contributed by atoms with E-state index in [4.69, 9.17) is 0 Å². The zero-order valence-electron chi connectivity index (χ0n) is 16.7. The molecule has 1 aliphatic heterocycles. The third kappa shape index (κ3) is 6.05. The lowest BCUT2D eigenvalue weighted by Crippen LogP contribution is -2.44. The van der Waals surface area contributed by atoms with Crippen molar-refractivity contribution in [1.82, 2.24) is 9.62 Å². The Morgan fingerprint density at radius 1 is 0.964 bits per heavy atom. The number of sulfonamides is 1. The normalized spacial score (nSPS) is 21.6. The molecule has 1 aromatic carbocycles. The molecule has 1 aromatic rings. The summed E-state index contributed by atoms with van der Waals surface area (Å²) in [6, 6.07) is 8.41. The molecule has 1 amide bonds. The highest BCUT2D eigenvalue weighted by molar-refractivity contribution is 7.89. The zero-order chi connectivity index (χ0) is 18.4. The van der Waals surface area contributed by atoms with Crippen molar-refractivity contribution in [2.45, 2.75) is 68.7 Å². The van der Waals surface area contributed by atoms with E-state index in [0.717, 1.165) is 44.4 Å². The first-order valence-corrected chi connectivity index (χ1v) is 11.2. The SMILES string of the molecule is O=C(NCC1CCCN1S(=O)(=O)c1ccccc1)[C]1CCCCCCC1.[CH2].[CH2]. The van der Waals surface area contributed by atoms with E-state index in [1.165, 1.54) is 19.3 Å². The lowest BCUT2D eigenvalue weighted by Gasteiger charge is -2.25. The molecule has 2 fully saturated rings. The molecule has 155 valence electrons. The number of hydrogen-bond donors (Lipinski definition) is 1. The molecule has 0 aromatic heterocycles. The van der Waals surface area contributed by atoms with Gasteiger partial charge in [0.1, 0.15) is 0 Å². The van der Waals surface area contributed by atoms with Crippen LogP contribution in [0, 0.1) is 20.8 Å². The number of nitrogens with one attached hydrogen (secondary N) is 1. The number of nitrogens with zero attached hydrogens (tertiary/aromatic N) is 1. The lowest BCUT2D eigenvalue weighted by molar-refractivity contribution is -0.120. The molecule has 0 bridgehead atoms. The molecule has 1 unspecified atom stereocenters. The fourth-order valence-corrected chi connectivity index (χ4v) is 5.67. The third-order valence-corrected chi connectivity index (χ3v) is 7.42. The van der Waals surface area contributed by atoms with Gasteiger partial charge in [0.2, 0.25) is 15.9 Å². The van der Waals surface area contributed by atoms with E-state index < -0.39 is 10.0 Å². The van der Waals surface area contributed by atoms with Gasteiger partial charge in [-0.1, -0.05) is 65.2 Å². The number of carbonyl (C=O) groups is 1. The molecule has 1 heterocycles. The van der Waals surface area contributed by atoms with Crippen LogP contribution in [0.5, 0.6) is 0 Å². The van der Waals surface area contributed by atoms with Crippen LogP contribution in [0.3, 0.4) is 0 Å². The highest BCUT2D eigenvalue weighted by atomic mass is 32.2. The predicted molar refractivity (Wildman–Crippen MR) is 113 cm³/mol. The number of amides is 1. The van der Waals surface area contributed by atoms with Crippen LogP contribution in [0.25, 0.3) is 0 Å². The Balaban J connectivity index is 0.00000196. The van der Waals surface area contributed by atoms with E-state index >= 15 is 0 Å². The third-order valence-electron chi connectivity index (χ3n) is 5.45. The summed E-state index contributed by atoms with van der Waals surface area (Å²) in [4.78, 5) is 12.9. The van der Waals surface area contributed by atoms with E-state index in [-0.39, 0.29) is 26.8 Å². The van der Waals surface area contributed by atoms with Crippen molar-refractivity contribution in [1.29, 1.82) is 0 Å². The first-order chi connectivity index (χ1) is 12.6. The van der Waals surface area contributed by atoms with Crippen molar-refractivity contribution in [3.8, 4) is 0 Å². The summed E-state index contributed by atoms with van der Waals surface area (Å²) in [5.41, 5.74) is 0. The summed E-state index contributed by atoms with van der Waals surface area (Å²) in [6.45, 7) is 0.919. The summed E-state index contributed by atoms with van der Waals surface area (Å²) in [6.07, 6.45) is 9.21. The van der Waals surface area contributed by atoms with Crippen LogP contribution in [-0.2, 0) is 14.8 Å². The molecule has 5 nitrogen and oxygen atoms in total. The Morgan fingerprint density at radius 2 is 1.57 bits per heavy atom. The fraction of sp³-hybridized carbons (Fsp3) is 0.545. The second-order valence-electron chi connectivity index (χ2n) is 7.31. The molecule has 1 saturated heterocycles. The predicted octanol–water partition coefficient (Wildman–Crippen LogP) is 3.93. The molecule has 28 heavy (non-hydrogen) atoms. The molecule has 3 rings (SSSR count). The number of benzene rings is 1. The topological polar surface area (TPSA) is 66.5 Å². The highest BCUT2D eigenvalue weighted by Gasteiger charge is 2.35. The van der Waals surface area contributed by atoms with E-state index in [2.05, 4.69) is 5.32 Å². The second kappa shape index (κ2) is 11.6. The largest absolute Gasteiger partial charge is 0.354 e. The fourth-order valence-electron chi connectivity index (χ4n) is 3.95. The van der Waals surface area contributed by atoms with Gasteiger partial charge in [0.15, 0.2) is 0 Å². The van der Waals surface area contributed by atoms with Crippen molar-refractivity contribution >= 4 is 15.9 Å². The molecule has 1 N–H and O–H groups in total. The monoisotopic (exact) mass is 405 g/mol. The van der Waals surface area contributed by atoms with E-state index in [0.29, 0.717) is 18.0 Å². The Bertz CT molecular complexity index is 683. The van der Waals surface area contributed by atoms with Crippen molar-refractivity contribution in [3.63, 3.8) is 0 Å². The molecule has 2 aliphatic rings. The van der Waals surface area contributed by atoms with Gasteiger partial charge in [0.25, 0.3) is 0 Å². The summed E-state index contributed by atoms with van der Waals surface area (Å²) in [5, 5.41) is 3.01. The molecule has 1 saturated carbocycles. The van der Waals surface area contributed by atoms with Gasteiger partial charge < -0.3 is 5.32 Å². The lowest BCUT2D eigenvalue weighted by atomic mass is 9.90. The summed E-state index contributed by atoms with van der Waals surface area (Å²) < 4.78 is 27.3. The Hall–Kier alpha value is -1.40. The average molecular weight is 406 g/mol. The van der Waals surface area contributed by atoms with Crippen LogP contribution >= 0.6 is 0 Å². The van der Waals surface area contributed by atoms with Gasteiger partial charge in [-0.25, -0.2) is 8.42 Å². The average Bonchev–Trinajstić information content (AvgIpc) is 3.09. The van der Waals surface area contributed by atoms with Crippen LogP contribution in [0.4, 0.5) is 0 Å². The maximum Gasteiger partial charge on any atom is 0.243 e. The quantitative estimate of drug-likeness (QED) is 0.807. The molecule has 1 atom stereocenters. The first-order valence-electron chi connectivity index (χ1n) is 9.79. The minimum atomic E-state index is -3.50. The molecule has 6 heteroatoms. The Labute approximate surface area is 172 Å². The van der Waals surface area contributed by atoms with Crippen LogP contribution in [0.15, 0.2) is 35.2 Å². The molecule has 5 radical (unpaired) electrons. The van der Waals surface area contributed by atoms with Gasteiger partial charge in [0.05, 0.1) is 10.8 Å². The molecule has 0 spiro atoms. The van der Waals surface area contributed by atoms with E-state index in [1.807, 2.05) is 6.07 Å². The number of carbonyl (C=O) groups excluding carboxylic acids is 1. The summed E-state index contributed by atoms with van der Waals surface area (Å²) >= 11 is 0. The van der Waals surface area contributed by atoms with Gasteiger partial charge in [-0.2, -0.15) is 4.31 Å². The highest BCUT2D eigenvalue weighted by Crippen LogP contribution is 2.27. The standard InChI is InChI=1S/C20H29N2O3S.2CH2/c23-20(17-10-5-2-1-3-6-11-17)21-16-18-12-9-15-22(18)26(24,25)19-13-7-4-8-14-19;;/h4,7-8,13-14,18H,1-3,5-6,9-12,15-16H2,(H,21,23);2*1H2. The van der Waals surface area contributed by atoms with Gasteiger partial charge in [-0.15, -0.1) is 0 Å². The van der Waals surface area contributed by atoms with Crippen LogP contribution < -0.4 is 5.32 Å². The number of hydrogen-bond acceptors (Lipinski definition) is 3. The summed E-state index contributed by atoms with van der Waals surface area (Å²) in [5.74, 6) is 1.01. The van der Waals surface area contributed by atoms with Crippen molar-refractivity contribution < 1.29 is 13.2 Å². The minimum absolute atomic E-state index is 0. The van der Waals surface area contributed by atoms with Crippen molar-refractivity contribution in [2.75, 3.05) is 13.1 Å². The van der Waals surface area contributed by atoms with Gasteiger partial charge in [-0.05, 0) is 37.8 Å². The van der Waals surface area contributed by atoms with Gasteiger partial charge >= 0.3 is 0 Å². The zero-order valence-corrected chi connectivity index (χ0v) is 17.6. The minimum Gasteiger partial charge on any atom is -0.354 e. The maximum atomic E-state index is 12.9. The number of rotatable bonds is 5. The Morgan fingerprint density at radius 3 is 2.21 bits per heavy atom. The molecular formula is C22H33N2O3S. The Kier molecular flexibility index (Phi) is 10.2. The van der Waals surface area contributed by atoms with Crippen LogP contribution in [0.2, 0.25) is 0 Å². The molecule has 1 aliphatic carbocycles. The van der Waals surface area contributed by atoms with Crippen LogP contribution in [0.1, 0.15) is 57.8 Å². The van der Waals surface area contributed by atoms with E-state index in [1.54, 1.807) is 28.6 Å². The van der Waals surface area contributed by atoms with Crippen LogP contribution in [-0.4, -0.2) is 37.8 Å². The van der Waals surface area contributed by atoms with Gasteiger partial charge in [-0.3, -0.25) is 4.79 Å². The van der Waals surface area contributed by atoms with E-state index in [9.17, 15) is 13.2 Å². The van der Waals surface area contributed by atoms with Crippen molar-refractivity contribution in [3.05, 3.63) is 51.1 Å². The molecular weight excluding hydrogens is 372 g/mol. The van der Waals surface area contributed by atoms with Gasteiger partial charge in [0, 0.05) is 19.1 Å². The van der Waals surface area contributed by atoms with Crippen molar-refractivity contribution in [2.24, 2.45) is 0 Å². The second-order valence-corrected chi connectivity index (χ2v) is 9.20.